The fraction of sp³-hybridized carbons (Fsp3) is 0.148. The molecule has 0 spiro atoms. The second-order valence-electron chi connectivity index (χ2n) is 8.55. The maximum atomic E-state index is 13.2. The number of hydrogen-bond donors (Lipinski definition) is 1. The molecule has 1 amide bonds. The first-order valence-electron chi connectivity index (χ1n) is 11.3. The van der Waals surface area contributed by atoms with Gasteiger partial charge in [0.15, 0.2) is 0 Å². The number of nitrogen functional groups attached to an aromatic ring is 1. The molecule has 35 heavy (non-hydrogen) atoms. The van der Waals surface area contributed by atoms with Crippen molar-refractivity contribution in [1.82, 2.24) is 9.21 Å². The van der Waals surface area contributed by atoms with E-state index in [-0.39, 0.29) is 23.9 Å². The maximum absolute atomic E-state index is 13.2. The lowest BCUT2D eigenvalue weighted by molar-refractivity contribution is 0.0698. The molecule has 2 N–H and O–H groups in total. The molecule has 4 aromatic carbocycles. The van der Waals surface area contributed by atoms with Crippen LogP contribution in [-0.2, 0) is 10.0 Å². The Kier molecular flexibility index (Phi) is 6.23. The van der Waals surface area contributed by atoms with Crippen LogP contribution in [0.2, 0.25) is 5.02 Å². The van der Waals surface area contributed by atoms with Crippen molar-refractivity contribution in [1.29, 1.82) is 0 Å². The van der Waals surface area contributed by atoms with Crippen LogP contribution in [-0.4, -0.2) is 49.7 Å². The molecular weight excluding hydrogens is 482 g/mol. The van der Waals surface area contributed by atoms with Crippen molar-refractivity contribution >= 4 is 44.0 Å². The van der Waals surface area contributed by atoms with E-state index >= 15 is 0 Å². The molecule has 1 aliphatic heterocycles. The van der Waals surface area contributed by atoms with E-state index < -0.39 is 10.0 Å². The number of piperazine rings is 1. The van der Waals surface area contributed by atoms with E-state index in [4.69, 9.17) is 17.3 Å². The minimum absolute atomic E-state index is 0.103. The predicted octanol–water partition coefficient (Wildman–Crippen LogP) is 4.89. The number of sulfonamides is 1. The molecule has 8 heteroatoms. The first kappa shape index (κ1) is 23.4. The standard InChI is InChI=1S/C27H24ClN3O3S/c28-24-9-5-23-18-26(12-8-22(23)17-24)35(33,34)31-15-13-30(14-16-31)27(32)21-3-1-19(2-4-21)20-6-10-25(29)11-7-20/h1-12,17-18H,13-16,29H2. The SMILES string of the molecule is Nc1ccc(-c2ccc(C(=O)N3CCN(S(=O)(=O)c4ccc5cc(Cl)ccc5c4)CC3)cc2)cc1. The highest BCUT2D eigenvalue weighted by Gasteiger charge is 2.30. The summed E-state index contributed by atoms with van der Waals surface area (Å²) in [5.41, 5.74) is 9.05. The van der Waals surface area contributed by atoms with E-state index in [2.05, 4.69) is 0 Å². The van der Waals surface area contributed by atoms with Gasteiger partial charge in [0.05, 0.1) is 4.90 Å². The van der Waals surface area contributed by atoms with Gasteiger partial charge in [-0.25, -0.2) is 8.42 Å². The molecule has 0 aliphatic carbocycles. The number of hydrogen-bond acceptors (Lipinski definition) is 4. The first-order chi connectivity index (χ1) is 16.8. The third-order valence-electron chi connectivity index (χ3n) is 6.31. The van der Waals surface area contributed by atoms with Crippen LogP contribution >= 0.6 is 11.6 Å². The molecule has 5 rings (SSSR count). The van der Waals surface area contributed by atoms with E-state index in [0.717, 1.165) is 21.9 Å². The molecule has 0 atom stereocenters. The Morgan fingerprint density at radius 1 is 0.743 bits per heavy atom. The lowest BCUT2D eigenvalue weighted by atomic mass is 10.0. The van der Waals surface area contributed by atoms with Crippen LogP contribution in [0.3, 0.4) is 0 Å². The second-order valence-corrected chi connectivity index (χ2v) is 10.9. The van der Waals surface area contributed by atoms with Gasteiger partial charge in [-0.2, -0.15) is 4.31 Å². The third kappa shape index (κ3) is 4.75. The zero-order chi connectivity index (χ0) is 24.6. The number of amides is 1. The Morgan fingerprint density at radius 2 is 1.31 bits per heavy atom. The van der Waals surface area contributed by atoms with Gasteiger partial charge in [0.2, 0.25) is 10.0 Å². The molecule has 0 saturated carbocycles. The molecule has 1 heterocycles. The lowest BCUT2D eigenvalue weighted by Gasteiger charge is -2.34. The summed E-state index contributed by atoms with van der Waals surface area (Å²) in [7, 11) is -3.66. The summed E-state index contributed by atoms with van der Waals surface area (Å²) in [5.74, 6) is -0.103. The molecular formula is C27H24ClN3O3S. The molecule has 1 fully saturated rings. The summed E-state index contributed by atoms with van der Waals surface area (Å²) in [6, 6.07) is 25.4. The molecule has 178 valence electrons. The fourth-order valence-electron chi connectivity index (χ4n) is 4.30. The number of carbonyl (C=O) groups is 1. The molecule has 0 radical (unpaired) electrons. The smallest absolute Gasteiger partial charge is 0.253 e. The maximum Gasteiger partial charge on any atom is 0.253 e. The van der Waals surface area contributed by atoms with Crippen molar-refractivity contribution in [3.8, 4) is 11.1 Å². The predicted molar refractivity (Wildman–Crippen MR) is 140 cm³/mol. The fourth-order valence-corrected chi connectivity index (χ4v) is 5.94. The Hall–Kier alpha value is -3.39. The topological polar surface area (TPSA) is 83.7 Å². The first-order valence-corrected chi connectivity index (χ1v) is 13.1. The van der Waals surface area contributed by atoms with Gasteiger partial charge < -0.3 is 10.6 Å². The number of fused-ring (bicyclic) bond motifs is 1. The molecule has 1 aliphatic rings. The van der Waals surface area contributed by atoms with Gasteiger partial charge in [0.1, 0.15) is 0 Å². The van der Waals surface area contributed by atoms with Crippen LogP contribution in [0.15, 0.2) is 89.8 Å². The largest absolute Gasteiger partial charge is 0.399 e. The van der Waals surface area contributed by atoms with Crippen LogP contribution < -0.4 is 5.73 Å². The Morgan fingerprint density at radius 3 is 1.97 bits per heavy atom. The van der Waals surface area contributed by atoms with Gasteiger partial charge >= 0.3 is 0 Å². The van der Waals surface area contributed by atoms with Gasteiger partial charge in [-0.1, -0.05) is 48.0 Å². The van der Waals surface area contributed by atoms with Crippen molar-refractivity contribution in [3.63, 3.8) is 0 Å². The minimum atomic E-state index is -3.66. The van der Waals surface area contributed by atoms with Crippen LogP contribution in [0.4, 0.5) is 5.69 Å². The third-order valence-corrected chi connectivity index (χ3v) is 8.44. The zero-order valence-electron chi connectivity index (χ0n) is 18.9. The number of nitrogens with zero attached hydrogens (tertiary/aromatic N) is 2. The van der Waals surface area contributed by atoms with Crippen molar-refractivity contribution in [2.24, 2.45) is 0 Å². The van der Waals surface area contributed by atoms with E-state index in [9.17, 15) is 13.2 Å². The van der Waals surface area contributed by atoms with E-state index in [1.165, 1.54) is 4.31 Å². The van der Waals surface area contributed by atoms with E-state index in [0.29, 0.717) is 29.4 Å². The van der Waals surface area contributed by atoms with Gasteiger partial charge in [-0.05, 0) is 70.4 Å². The summed E-state index contributed by atoms with van der Waals surface area (Å²) >= 11 is 6.03. The summed E-state index contributed by atoms with van der Waals surface area (Å²) < 4.78 is 27.9. The Balaban J connectivity index is 1.26. The van der Waals surface area contributed by atoms with Crippen molar-refractivity contribution in [2.45, 2.75) is 4.90 Å². The van der Waals surface area contributed by atoms with Crippen molar-refractivity contribution < 1.29 is 13.2 Å². The van der Waals surface area contributed by atoms with Crippen molar-refractivity contribution in [2.75, 3.05) is 31.9 Å². The second kappa shape index (κ2) is 9.34. The molecule has 0 aromatic heterocycles. The number of nitrogens with two attached hydrogens (primary N) is 1. The van der Waals surface area contributed by atoms with Crippen LogP contribution in [0, 0.1) is 0 Å². The summed E-state index contributed by atoms with van der Waals surface area (Å²) in [5, 5.41) is 2.30. The van der Waals surface area contributed by atoms with E-state index in [1.54, 1.807) is 47.4 Å². The summed E-state index contributed by atoms with van der Waals surface area (Å²) in [6.45, 7) is 1.16. The highest BCUT2D eigenvalue weighted by atomic mass is 35.5. The number of halogens is 1. The molecule has 0 unspecified atom stereocenters. The number of rotatable bonds is 4. The van der Waals surface area contributed by atoms with Gasteiger partial charge in [0.25, 0.3) is 5.91 Å². The normalized spacial score (nSPS) is 14.8. The van der Waals surface area contributed by atoms with Gasteiger partial charge in [-0.3, -0.25) is 4.79 Å². The van der Waals surface area contributed by atoms with Crippen LogP contribution in [0.1, 0.15) is 10.4 Å². The molecule has 0 bridgehead atoms. The van der Waals surface area contributed by atoms with E-state index in [1.807, 2.05) is 42.5 Å². The zero-order valence-corrected chi connectivity index (χ0v) is 20.5. The highest BCUT2D eigenvalue weighted by Crippen LogP contribution is 2.26. The quantitative estimate of drug-likeness (QED) is 0.400. The average Bonchev–Trinajstić information content (AvgIpc) is 2.88. The average molecular weight is 506 g/mol. The highest BCUT2D eigenvalue weighted by molar-refractivity contribution is 7.89. The number of benzene rings is 4. The number of anilines is 1. The minimum Gasteiger partial charge on any atom is -0.399 e. The van der Waals surface area contributed by atoms with Crippen molar-refractivity contribution in [3.05, 3.63) is 95.5 Å². The molecule has 1 saturated heterocycles. The lowest BCUT2D eigenvalue weighted by Crippen LogP contribution is -2.50. The monoisotopic (exact) mass is 505 g/mol. The summed E-state index contributed by atoms with van der Waals surface area (Å²) in [6.07, 6.45) is 0. The Labute approximate surface area is 209 Å². The van der Waals surface area contributed by atoms with Crippen LogP contribution in [0.5, 0.6) is 0 Å². The Bertz CT molecular complexity index is 1500. The molecule has 6 nitrogen and oxygen atoms in total. The van der Waals surface area contributed by atoms with Gasteiger partial charge in [0, 0.05) is 42.5 Å². The summed E-state index contributed by atoms with van der Waals surface area (Å²) in [4.78, 5) is 15.0. The molecule has 4 aromatic rings. The number of carbonyl (C=O) groups excluding carboxylic acids is 1. The van der Waals surface area contributed by atoms with Crippen LogP contribution in [0.25, 0.3) is 21.9 Å². The van der Waals surface area contributed by atoms with Gasteiger partial charge in [-0.15, -0.1) is 0 Å².